The highest BCUT2D eigenvalue weighted by Crippen LogP contribution is 1.93. The number of rotatable bonds is 8. The summed E-state index contributed by atoms with van der Waals surface area (Å²) in [5, 5.41) is 3.97. The summed E-state index contributed by atoms with van der Waals surface area (Å²) in [6, 6.07) is 0. The highest BCUT2D eigenvalue weighted by molar-refractivity contribution is 5.59. The Hall–Kier alpha value is -2.49. The zero-order chi connectivity index (χ0) is 20.2. The van der Waals surface area contributed by atoms with E-state index in [2.05, 4.69) is 42.2 Å². The molecule has 0 amide bonds. The maximum absolute atomic E-state index is 10.5. The van der Waals surface area contributed by atoms with Gasteiger partial charge in [0.25, 0.3) is 0 Å². The molecule has 25 heavy (non-hydrogen) atoms. The molecule has 0 aromatic rings. The first-order chi connectivity index (χ1) is 12.2. The molecule has 1 N–H and O–H groups in total. The highest BCUT2D eigenvalue weighted by atomic mass is 19.1. The van der Waals surface area contributed by atoms with Crippen LogP contribution < -0.4 is 5.43 Å². The quantitative estimate of drug-likeness (QED) is 0.220. The molecule has 0 saturated heterocycles. The second-order valence-corrected chi connectivity index (χ2v) is 3.65. The van der Waals surface area contributed by atoms with E-state index in [1.807, 2.05) is 39.0 Å². The first kappa shape index (κ1) is 30.4. The molecule has 0 unspecified atom stereocenters. The maximum Gasteiger partial charge on any atom is 0.141 e. The van der Waals surface area contributed by atoms with Gasteiger partial charge in [0.2, 0.25) is 0 Å². The van der Waals surface area contributed by atoms with E-state index in [1.54, 1.807) is 37.6 Å². The molecule has 0 heterocycles. The number of hydrogen-bond donors (Lipinski definition) is 1. The van der Waals surface area contributed by atoms with E-state index in [9.17, 15) is 4.39 Å². The number of allylic oxidation sites excluding steroid dienone is 7. The van der Waals surface area contributed by atoms with Crippen LogP contribution in [-0.2, 0) is 0 Å². The fraction of sp³-hybridized carbons (Fsp3) is 0.333. The smallest absolute Gasteiger partial charge is 0.141 e. The molecule has 0 aliphatic carbocycles. The molecular formula is C21H36FN3. The van der Waals surface area contributed by atoms with Crippen molar-refractivity contribution in [2.75, 3.05) is 0 Å². The van der Waals surface area contributed by atoms with Gasteiger partial charge in [0.1, 0.15) is 5.82 Å². The van der Waals surface area contributed by atoms with Crippen LogP contribution in [0.4, 0.5) is 4.39 Å². The lowest BCUT2D eigenvalue weighted by molar-refractivity contribution is 0.719. The zero-order valence-corrected chi connectivity index (χ0v) is 16.6. The number of hydrogen-bond acceptors (Lipinski definition) is 3. The van der Waals surface area contributed by atoms with Gasteiger partial charge in [-0.1, -0.05) is 70.4 Å². The molecule has 142 valence electrons. The summed E-state index contributed by atoms with van der Waals surface area (Å²) in [6.07, 6.45) is 17.9. The van der Waals surface area contributed by atoms with Gasteiger partial charge in [0, 0.05) is 18.9 Å². The number of nitrogens with one attached hydrogen (secondary N) is 1. The number of hydrazone groups is 1. The van der Waals surface area contributed by atoms with Crippen LogP contribution in [0.25, 0.3) is 0 Å². The number of halogens is 1. The third-order valence-electron chi connectivity index (χ3n) is 1.72. The molecule has 4 heteroatoms. The van der Waals surface area contributed by atoms with Gasteiger partial charge in [-0.05, 0) is 26.3 Å². The van der Waals surface area contributed by atoms with Crippen molar-refractivity contribution in [1.82, 2.24) is 5.43 Å². The largest absolute Gasteiger partial charge is 0.262 e. The second-order valence-electron chi connectivity index (χ2n) is 3.65. The van der Waals surface area contributed by atoms with Gasteiger partial charge in [-0.3, -0.25) is 5.43 Å². The monoisotopic (exact) mass is 349 g/mol. The molecule has 0 aliphatic heterocycles. The van der Waals surface area contributed by atoms with Crippen LogP contribution in [-0.4, -0.2) is 12.4 Å². The van der Waals surface area contributed by atoms with Gasteiger partial charge in [0.15, 0.2) is 0 Å². The Labute approximate surface area is 154 Å². The van der Waals surface area contributed by atoms with Crippen LogP contribution in [0, 0.1) is 0 Å². The van der Waals surface area contributed by atoms with Crippen molar-refractivity contribution < 1.29 is 4.39 Å². The Morgan fingerprint density at radius 2 is 1.60 bits per heavy atom. The Morgan fingerprint density at radius 3 is 1.92 bits per heavy atom. The van der Waals surface area contributed by atoms with Gasteiger partial charge in [-0.15, -0.1) is 6.58 Å². The number of nitrogens with zero attached hydrogens (tertiary/aromatic N) is 2. The van der Waals surface area contributed by atoms with Gasteiger partial charge in [-0.2, -0.15) is 5.10 Å². The van der Waals surface area contributed by atoms with Crippen molar-refractivity contribution in [3.63, 3.8) is 0 Å². The van der Waals surface area contributed by atoms with E-state index >= 15 is 0 Å². The summed E-state index contributed by atoms with van der Waals surface area (Å²) in [5.74, 6) is 0.783. The van der Waals surface area contributed by atoms with Crippen LogP contribution in [0.2, 0.25) is 0 Å². The Bertz CT molecular complexity index is 403. The third kappa shape index (κ3) is 44.9. The Balaban J connectivity index is -0.000000152. The molecule has 0 aromatic carbocycles. The van der Waals surface area contributed by atoms with E-state index < -0.39 is 0 Å². The lowest BCUT2D eigenvalue weighted by atomic mass is 10.4. The fourth-order valence-electron chi connectivity index (χ4n) is 0.856. The minimum atomic E-state index is 0.500. The molecule has 0 aromatic heterocycles. The van der Waals surface area contributed by atoms with Crippen molar-refractivity contribution in [2.24, 2.45) is 10.1 Å². The standard InChI is InChI=1S/C10H17N3.C6H8.C3H5F.C2H6/c1-4-7-9-12-13-10(8-5-2)11-6-3;1-3-5-6-4-2;1-2-3-4;1-2/h4,6,8-9,13H,1,5,7H2,2-3H3;3-6H,1-2H2;2-3H,1H3;1-2H3/b10-8+,11-6-,12-9+;6-5-;3-2+;. The van der Waals surface area contributed by atoms with Gasteiger partial charge in [-0.25, -0.2) is 9.38 Å². The minimum Gasteiger partial charge on any atom is -0.262 e. The van der Waals surface area contributed by atoms with Crippen molar-refractivity contribution in [3.05, 3.63) is 74.4 Å². The average Bonchev–Trinajstić information content (AvgIpc) is 2.66. The summed E-state index contributed by atoms with van der Waals surface area (Å²) in [5.41, 5.74) is 2.84. The van der Waals surface area contributed by atoms with Gasteiger partial charge >= 0.3 is 0 Å². The van der Waals surface area contributed by atoms with E-state index in [0.29, 0.717) is 6.33 Å². The first-order valence-electron chi connectivity index (χ1n) is 8.37. The predicted octanol–water partition coefficient (Wildman–Crippen LogP) is 6.91. The Kier molecular flexibility index (Phi) is 45.7. The van der Waals surface area contributed by atoms with Crippen molar-refractivity contribution in [2.45, 2.75) is 47.5 Å². The van der Waals surface area contributed by atoms with E-state index in [1.165, 1.54) is 6.08 Å². The lowest BCUT2D eigenvalue weighted by Gasteiger charge is -1.98. The molecule has 0 radical (unpaired) electrons. The Morgan fingerprint density at radius 1 is 1.08 bits per heavy atom. The zero-order valence-electron chi connectivity index (χ0n) is 16.6. The normalized spacial score (nSPS) is 10.4. The molecule has 0 saturated carbocycles. The third-order valence-corrected chi connectivity index (χ3v) is 1.72. The van der Waals surface area contributed by atoms with Crippen LogP contribution in [0.5, 0.6) is 0 Å². The van der Waals surface area contributed by atoms with Crippen LogP contribution in [0.3, 0.4) is 0 Å². The van der Waals surface area contributed by atoms with E-state index in [0.717, 1.165) is 18.7 Å². The SMILES string of the molecule is C/C=C/F.C=C/C=C\C=C.C=CC/C=N/NC(=C/CC)/N=C\C.CC. The number of aliphatic imine (C=N–C) groups is 1. The lowest BCUT2D eigenvalue weighted by Crippen LogP contribution is -2.03. The topological polar surface area (TPSA) is 36.8 Å². The molecule has 0 bridgehead atoms. The molecule has 0 atom stereocenters. The molecular weight excluding hydrogens is 313 g/mol. The summed E-state index contributed by atoms with van der Waals surface area (Å²) in [4.78, 5) is 4.10. The molecule has 0 rings (SSSR count). The molecule has 0 spiro atoms. The van der Waals surface area contributed by atoms with Crippen LogP contribution in [0.15, 0.2) is 84.5 Å². The van der Waals surface area contributed by atoms with Crippen molar-refractivity contribution in [3.8, 4) is 0 Å². The van der Waals surface area contributed by atoms with Crippen molar-refractivity contribution >= 4 is 12.4 Å². The van der Waals surface area contributed by atoms with E-state index in [-0.39, 0.29) is 0 Å². The second kappa shape index (κ2) is 37.6. The summed E-state index contributed by atoms with van der Waals surface area (Å²) < 4.78 is 10.5. The first-order valence-corrected chi connectivity index (χ1v) is 8.37. The molecule has 0 fully saturated rings. The molecule has 3 nitrogen and oxygen atoms in total. The summed E-state index contributed by atoms with van der Waals surface area (Å²) in [6.45, 7) is 20.1. The fourth-order valence-corrected chi connectivity index (χ4v) is 0.856. The van der Waals surface area contributed by atoms with E-state index in [4.69, 9.17) is 0 Å². The highest BCUT2D eigenvalue weighted by Gasteiger charge is 1.85. The van der Waals surface area contributed by atoms with Crippen LogP contribution >= 0.6 is 0 Å². The minimum absolute atomic E-state index is 0.500. The predicted molar refractivity (Wildman–Crippen MR) is 116 cm³/mol. The maximum atomic E-state index is 10.5. The van der Waals surface area contributed by atoms with Crippen LogP contribution in [0.1, 0.15) is 47.5 Å². The van der Waals surface area contributed by atoms with Crippen molar-refractivity contribution in [1.29, 1.82) is 0 Å². The van der Waals surface area contributed by atoms with Gasteiger partial charge in [0.05, 0.1) is 6.33 Å². The molecule has 0 aliphatic rings. The summed E-state index contributed by atoms with van der Waals surface area (Å²) in [7, 11) is 0. The summed E-state index contributed by atoms with van der Waals surface area (Å²) >= 11 is 0. The van der Waals surface area contributed by atoms with Gasteiger partial charge < -0.3 is 0 Å². The average molecular weight is 350 g/mol.